The van der Waals surface area contributed by atoms with Crippen LogP contribution in [-0.4, -0.2) is 22.4 Å². The Labute approximate surface area is 81.3 Å². The summed E-state index contributed by atoms with van der Waals surface area (Å²) in [5, 5.41) is 8.50. The number of pyridine rings is 1. The molecule has 8 heteroatoms. The fraction of sp³-hybridized carbons (Fsp3) is 0.143. The number of carboxylic acid groups (broad SMARTS) is 1. The number of anilines is 1. The van der Waals surface area contributed by atoms with Gasteiger partial charge in [0.2, 0.25) is 0 Å². The highest BCUT2D eigenvalue weighted by Crippen LogP contribution is 2.26. The maximum Gasteiger partial charge on any atom is 0.573 e. The zero-order valence-electron chi connectivity index (χ0n) is 7.08. The lowest BCUT2D eigenvalue weighted by molar-refractivity contribution is -0.274. The SMILES string of the molecule is Nc1cnc(C(=O)O)c(OC(F)(F)F)c1. The maximum atomic E-state index is 11.8. The van der Waals surface area contributed by atoms with E-state index in [0.717, 1.165) is 12.3 Å². The zero-order chi connectivity index (χ0) is 11.6. The van der Waals surface area contributed by atoms with Crippen molar-refractivity contribution in [3.8, 4) is 5.75 Å². The van der Waals surface area contributed by atoms with E-state index in [4.69, 9.17) is 10.8 Å². The molecule has 0 radical (unpaired) electrons. The van der Waals surface area contributed by atoms with Gasteiger partial charge in [-0.3, -0.25) is 0 Å². The minimum absolute atomic E-state index is 0.126. The van der Waals surface area contributed by atoms with Gasteiger partial charge in [0.15, 0.2) is 11.4 Å². The number of carbonyl (C=O) groups is 1. The van der Waals surface area contributed by atoms with E-state index >= 15 is 0 Å². The molecule has 0 fully saturated rings. The van der Waals surface area contributed by atoms with Crippen LogP contribution in [0, 0.1) is 0 Å². The van der Waals surface area contributed by atoms with Gasteiger partial charge in [-0.1, -0.05) is 0 Å². The molecule has 0 saturated carbocycles. The van der Waals surface area contributed by atoms with E-state index in [0.29, 0.717) is 0 Å². The Morgan fingerprint density at radius 3 is 2.60 bits per heavy atom. The first-order valence-electron chi connectivity index (χ1n) is 3.54. The number of aromatic carboxylic acids is 1. The Balaban J connectivity index is 3.13. The molecular weight excluding hydrogens is 217 g/mol. The van der Waals surface area contributed by atoms with Crippen LogP contribution in [-0.2, 0) is 0 Å². The van der Waals surface area contributed by atoms with Gasteiger partial charge in [0.05, 0.1) is 11.9 Å². The first-order chi connectivity index (χ1) is 6.79. The van der Waals surface area contributed by atoms with E-state index in [9.17, 15) is 18.0 Å². The fourth-order valence-electron chi connectivity index (χ4n) is 0.823. The van der Waals surface area contributed by atoms with Crippen molar-refractivity contribution in [1.29, 1.82) is 0 Å². The zero-order valence-corrected chi connectivity index (χ0v) is 7.08. The van der Waals surface area contributed by atoms with E-state index in [1.807, 2.05) is 0 Å². The molecule has 0 aliphatic heterocycles. The summed E-state index contributed by atoms with van der Waals surface area (Å²) in [4.78, 5) is 13.7. The highest BCUT2D eigenvalue weighted by molar-refractivity contribution is 5.89. The Morgan fingerprint density at radius 1 is 1.53 bits per heavy atom. The molecule has 0 aliphatic rings. The van der Waals surface area contributed by atoms with Crippen LogP contribution in [0.4, 0.5) is 18.9 Å². The van der Waals surface area contributed by atoms with Gasteiger partial charge in [0.1, 0.15) is 0 Å². The van der Waals surface area contributed by atoms with Gasteiger partial charge in [0, 0.05) is 6.07 Å². The molecule has 1 rings (SSSR count). The third-order valence-electron chi connectivity index (χ3n) is 1.30. The average Bonchev–Trinajstić information content (AvgIpc) is 1.99. The van der Waals surface area contributed by atoms with Crippen molar-refractivity contribution in [3.05, 3.63) is 18.0 Å². The van der Waals surface area contributed by atoms with E-state index in [1.54, 1.807) is 0 Å². The topological polar surface area (TPSA) is 85.4 Å². The van der Waals surface area contributed by atoms with Gasteiger partial charge in [-0.2, -0.15) is 0 Å². The lowest BCUT2D eigenvalue weighted by Crippen LogP contribution is -2.19. The van der Waals surface area contributed by atoms with Crippen molar-refractivity contribution in [2.75, 3.05) is 5.73 Å². The Hall–Kier alpha value is -1.99. The van der Waals surface area contributed by atoms with E-state index < -0.39 is 23.8 Å². The molecule has 0 atom stereocenters. The number of rotatable bonds is 2. The number of nitrogen functional groups attached to an aromatic ring is 1. The molecule has 0 bridgehead atoms. The Morgan fingerprint density at radius 2 is 2.13 bits per heavy atom. The molecule has 0 saturated heterocycles. The summed E-state index contributed by atoms with van der Waals surface area (Å²) in [5.41, 5.74) is 4.17. The number of carboxylic acids is 1. The highest BCUT2D eigenvalue weighted by Gasteiger charge is 2.33. The maximum absolute atomic E-state index is 11.8. The van der Waals surface area contributed by atoms with Crippen LogP contribution in [0.2, 0.25) is 0 Å². The van der Waals surface area contributed by atoms with Gasteiger partial charge in [-0.05, 0) is 0 Å². The monoisotopic (exact) mass is 222 g/mol. The second kappa shape index (κ2) is 3.64. The first kappa shape index (κ1) is 11.1. The number of nitrogens with zero attached hydrogens (tertiary/aromatic N) is 1. The van der Waals surface area contributed by atoms with Gasteiger partial charge in [-0.15, -0.1) is 13.2 Å². The van der Waals surface area contributed by atoms with Gasteiger partial charge in [0.25, 0.3) is 0 Å². The van der Waals surface area contributed by atoms with E-state index in [-0.39, 0.29) is 5.69 Å². The predicted octanol–water partition coefficient (Wildman–Crippen LogP) is 1.26. The summed E-state index contributed by atoms with van der Waals surface area (Å²) in [6.45, 7) is 0. The molecular formula is C7H5F3N2O3. The van der Waals surface area contributed by atoms with Crippen LogP contribution < -0.4 is 10.5 Å². The lowest BCUT2D eigenvalue weighted by Gasteiger charge is -2.10. The van der Waals surface area contributed by atoms with Crippen LogP contribution in [0.3, 0.4) is 0 Å². The minimum Gasteiger partial charge on any atom is -0.476 e. The smallest absolute Gasteiger partial charge is 0.476 e. The molecule has 15 heavy (non-hydrogen) atoms. The minimum atomic E-state index is -4.99. The Kier molecular flexibility index (Phi) is 2.69. The number of hydrogen-bond donors (Lipinski definition) is 2. The van der Waals surface area contributed by atoms with Crippen molar-refractivity contribution in [1.82, 2.24) is 4.98 Å². The van der Waals surface area contributed by atoms with Crippen LogP contribution >= 0.6 is 0 Å². The van der Waals surface area contributed by atoms with Crippen LogP contribution in [0.5, 0.6) is 5.75 Å². The molecule has 0 aromatic carbocycles. The second-order valence-electron chi connectivity index (χ2n) is 2.47. The largest absolute Gasteiger partial charge is 0.573 e. The van der Waals surface area contributed by atoms with Gasteiger partial charge < -0.3 is 15.6 Å². The normalized spacial score (nSPS) is 11.1. The molecule has 82 valence electrons. The standard InChI is InChI=1S/C7H5F3N2O3/c8-7(9,10)15-4-1-3(11)2-12-5(4)6(13)14/h1-2H,11H2,(H,13,14). The summed E-state index contributed by atoms with van der Waals surface area (Å²) in [6.07, 6.45) is -4.06. The lowest BCUT2D eigenvalue weighted by atomic mass is 10.3. The second-order valence-corrected chi connectivity index (χ2v) is 2.47. The molecule has 0 spiro atoms. The highest BCUT2D eigenvalue weighted by atomic mass is 19.4. The van der Waals surface area contributed by atoms with Gasteiger partial charge in [-0.25, -0.2) is 9.78 Å². The number of halogens is 3. The van der Waals surface area contributed by atoms with Crippen molar-refractivity contribution >= 4 is 11.7 Å². The summed E-state index contributed by atoms with van der Waals surface area (Å²) in [6, 6.07) is 0.740. The van der Waals surface area contributed by atoms with Gasteiger partial charge >= 0.3 is 12.3 Å². The fourth-order valence-corrected chi connectivity index (χ4v) is 0.823. The molecule has 0 unspecified atom stereocenters. The molecule has 3 N–H and O–H groups in total. The first-order valence-corrected chi connectivity index (χ1v) is 3.54. The van der Waals surface area contributed by atoms with Crippen molar-refractivity contribution in [2.24, 2.45) is 0 Å². The van der Waals surface area contributed by atoms with E-state index in [2.05, 4.69) is 9.72 Å². The van der Waals surface area contributed by atoms with Crippen LogP contribution in [0.15, 0.2) is 12.3 Å². The van der Waals surface area contributed by atoms with Crippen molar-refractivity contribution in [3.63, 3.8) is 0 Å². The third kappa shape index (κ3) is 3.01. The Bertz CT molecular complexity index is 392. The predicted molar refractivity (Wildman–Crippen MR) is 42.3 cm³/mol. The number of alkyl halides is 3. The number of hydrogen-bond acceptors (Lipinski definition) is 4. The average molecular weight is 222 g/mol. The van der Waals surface area contributed by atoms with Crippen LogP contribution in [0.25, 0.3) is 0 Å². The molecule has 0 aliphatic carbocycles. The number of ether oxygens (including phenoxy) is 1. The third-order valence-corrected chi connectivity index (χ3v) is 1.30. The quantitative estimate of drug-likeness (QED) is 0.786. The molecule has 5 nitrogen and oxygen atoms in total. The summed E-state index contributed by atoms with van der Waals surface area (Å²) in [7, 11) is 0. The van der Waals surface area contributed by atoms with Crippen molar-refractivity contribution in [2.45, 2.75) is 6.36 Å². The van der Waals surface area contributed by atoms with E-state index in [1.165, 1.54) is 0 Å². The summed E-state index contributed by atoms with van der Waals surface area (Å²) in [5.74, 6) is -2.57. The van der Waals surface area contributed by atoms with Crippen LogP contribution in [0.1, 0.15) is 10.5 Å². The molecule has 1 heterocycles. The molecule has 0 amide bonds. The summed E-state index contributed by atoms with van der Waals surface area (Å²) < 4.78 is 38.9. The molecule has 1 aromatic rings. The number of nitrogens with two attached hydrogens (primary N) is 1. The number of aromatic nitrogens is 1. The van der Waals surface area contributed by atoms with Crippen molar-refractivity contribution < 1.29 is 27.8 Å². The summed E-state index contributed by atoms with van der Waals surface area (Å²) >= 11 is 0. The molecule has 1 aromatic heterocycles.